The summed E-state index contributed by atoms with van der Waals surface area (Å²) in [4.78, 5) is 29.0. The molecule has 0 saturated heterocycles. The van der Waals surface area contributed by atoms with E-state index in [9.17, 15) is 14.0 Å². The Bertz CT molecular complexity index is 1380. The maximum Gasteiger partial charge on any atom is 0.239 e. The van der Waals surface area contributed by atoms with E-state index >= 15 is 0 Å². The number of fused-ring (bicyclic) bond motifs is 1. The first-order valence-electron chi connectivity index (χ1n) is 12.4. The van der Waals surface area contributed by atoms with Gasteiger partial charge in [0.25, 0.3) is 0 Å². The number of nitrogens with one attached hydrogen (secondary N) is 2. The van der Waals surface area contributed by atoms with E-state index in [2.05, 4.69) is 24.5 Å². The van der Waals surface area contributed by atoms with Crippen LogP contribution in [0.4, 0.5) is 15.8 Å². The minimum Gasteiger partial charge on any atom is -0.357 e. The zero-order valence-electron chi connectivity index (χ0n) is 20.9. The lowest BCUT2D eigenvalue weighted by atomic mass is 9.73. The highest BCUT2D eigenvalue weighted by Gasteiger charge is 2.42. The van der Waals surface area contributed by atoms with Gasteiger partial charge in [-0.1, -0.05) is 67.9 Å². The summed E-state index contributed by atoms with van der Waals surface area (Å²) in [5.41, 5.74) is 4.54. The first-order valence-corrected chi connectivity index (χ1v) is 12.7. The predicted molar refractivity (Wildman–Crippen MR) is 145 cm³/mol. The van der Waals surface area contributed by atoms with Gasteiger partial charge in [0.2, 0.25) is 5.91 Å². The number of nitrogens with zero attached hydrogens (tertiary/aromatic N) is 1. The Hall–Kier alpha value is -3.64. The van der Waals surface area contributed by atoms with Crippen molar-refractivity contribution in [3.63, 3.8) is 0 Å². The average Bonchev–Trinajstić information content (AvgIpc) is 2.98. The fourth-order valence-electron chi connectivity index (χ4n) is 5.26. The molecule has 190 valence electrons. The number of amides is 1. The van der Waals surface area contributed by atoms with Gasteiger partial charge in [-0.3, -0.25) is 9.59 Å². The minimum atomic E-state index is -0.542. The molecule has 2 N–H and O–H groups in total. The SMILES string of the molecule is CC1(C)CC(=O)C2=C(C1)Nc1ccccc1N(CC(=O)NCc1ccc(F)cc1)C2c1ccccc1Cl. The van der Waals surface area contributed by atoms with E-state index in [4.69, 9.17) is 11.6 Å². The molecule has 0 spiro atoms. The number of hydrogen-bond donors (Lipinski definition) is 2. The number of para-hydroxylation sites is 2. The molecule has 3 aromatic rings. The summed E-state index contributed by atoms with van der Waals surface area (Å²) in [7, 11) is 0. The van der Waals surface area contributed by atoms with E-state index in [1.54, 1.807) is 12.1 Å². The molecule has 5 rings (SSSR count). The lowest BCUT2D eigenvalue weighted by Crippen LogP contribution is -2.42. The molecule has 1 unspecified atom stereocenters. The third kappa shape index (κ3) is 5.25. The Kier molecular flexibility index (Phi) is 6.78. The maximum atomic E-state index is 13.7. The Labute approximate surface area is 221 Å². The molecule has 7 heteroatoms. The van der Waals surface area contributed by atoms with Crippen LogP contribution in [-0.4, -0.2) is 18.2 Å². The first-order chi connectivity index (χ1) is 17.7. The molecule has 0 saturated carbocycles. The van der Waals surface area contributed by atoms with Gasteiger partial charge in [0.15, 0.2) is 5.78 Å². The van der Waals surface area contributed by atoms with Crippen molar-refractivity contribution in [2.75, 3.05) is 16.8 Å². The van der Waals surface area contributed by atoms with Crippen LogP contribution in [0.3, 0.4) is 0 Å². The number of rotatable bonds is 5. The standard InChI is InChI=1S/C30H29ClFN3O2/c1-30(2)15-24-28(26(36)16-30)29(21-7-3-4-8-22(21)31)35(25-10-6-5-9-23(25)34-24)18-27(37)33-17-19-11-13-20(32)14-12-19/h3-14,29,34H,15-18H2,1-2H3,(H,33,37). The smallest absolute Gasteiger partial charge is 0.239 e. The minimum absolute atomic E-state index is 0.00321. The Morgan fingerprint density at radius 3 is 2.51 bits per heavy atom. The lowest BCUT2D eigenvalue weighted by molar-refractivity contribution is -0.120. The van der Waals surface area contributed by atoms with Gasteiger partial charge in [0.1, 0.15) is 5.82 Å². The number of benzene rings is 3. The summed E-state index contributed by atoms with van der Waals surface area (Å²) in [5.74, 6) is -0.493. The van der Waals surface area contributed by atoms with Crippen molar-refractivity contribution in [3.8, 4) is 0 Å². The molecule has 0 radical (unpaired) electrons. The molecule has 5 nitrogen and oxygen atoms in total. The van der Waals surface area contributed by atoms with Gasteiger partial charge in [-0.15, -0.1) is 0 Å². The van der Waals surface area contributed by atoms with Crippen molar-refractivity contribution in [2.45, 2.75) is 39.3 Å². The molecule has 1 aliphatic heterocycles. The van der Waals surface area contributed by atoms with E-state index in [1.165, 1.54) is 12.1 Å². The van der Waals surface area contributed by atoms with Crippen molar-refractivity contribution < 1.29 is 14.0 Å². The molecule has 37 heavy (non-hydrogen) atoms. The normalized spacial score (nSPS) is 18.4. The summed E-state index contributed by atoms with van der Waals surface area (Å²) < 4.78 is 13.3. The van der Waals surface area contributed by atoms with Crippen LogP contribution in [0.15, 0.2) is 84.1 Å². The number of allylic oxidation sites excluding steroid dienone is 1. The fraction of sp³-hybridized carbons (Fsp3) is 0.267. The van der Waals surface area contributed by atoms with E-state index in [0.29, 0.717) is 23.4 Å². The van der Waals surface area contributed by atoms with Gasteiger partial charge >= 0.3 is 0 Å². The van der Waals surface area contributed by atoms with Crippen LogP contribution in [0, 0.1) is 11.2 Å². The molecule has 1 atom stereocenters. The van der Waals surface area contributed by atoms with Gasteiger partial charge in [-0.2, -0.15) is 0 Å². The highest BCUT2D eigenvalue weighted by atomic mass is 35.5. The molecule has 1 amide bonds. The van der Waals surface area contributed by atoms with Gasteiger partial charge in [0.05, 0.1) is 24.0 Å². The number of Topliss-reactive ketones (excluding diaryl/α,β-unsaturated/α-hetero) is 1. The molecule has 1 aliphatic carbocycles. The Morgan fingerprint density at radius 1 is 1.05 bits per heavy atom. The van der Waals surface area contributed by atoms with Crippen molar-refractivity contribution >= 4 is 34.7 Å². The Balaban J connectivity index is 1.57. The number of carbonyl (C=O) groups excluding carboxylic acids is 2. The highest BCUT2D eigenvalue weighted by molar-refractivity contribution is 6.31. The summed E-state index contributed by atoms with van der Waals surface area (Å²) in [6.45, 7) is 4.46. The van der Waals surface area contributed by atoms with Crippen LogP contribution >= 0.6 is 11.6 Å². The second-order valence-electron chi connectivity index (χ2n) is 10.4. The monoisotopic (exact) mass is 517 g/mol. The second-order valence-corrected chi connectivity index (χ2v) is 10.8. The number of ketones is 1. The van der Waals surface area contributed by atoms with Crippen LogP contribution in [0.2, 0.25) is 5.02 Å². The summed E-state index contributed by atoms with van der Waals surface area (Å²) in [6, 6.07) is 20.7. The molecule has 0 fully saturated rings. The van der Waals surface area contributed by atoms with Crippen molar-refractivity contribution in [2.24, 2.45) is 5.41 Å². The molecular weight excluding hydrogens is 489 g/mol. The summed E-state index contributed by atoms with van der Waals surface area (Å²) >= 11 is 6.72. The van der Waals surface area contributed by atoms with Crippen LogP contribution in [0.5, 0.6) is 0 Å². The van der Waals surface area contributed by atoms with Crippen LogP contribution in [-0.2, 0) is 16.1 Å². The molecule has 2 aliphatic rings. The number of anilines is 2. The topological polar surface area (TPSA) is 61.4 Å². The predicted octanol–water partition coefficient (Wildman–Crippen LogP) is 6.41. The maximum absolute atomic E-state index is 13.7. The molecule has 3 aromatic carbocycles. The van der Waals surface area contributed by atoms with Gasteiger partial charge in [0, 0.05) is 29.3 Å². The third-order valence-electron chi connectivity index (χ3n) is 6.92. The molecule has 0 aromatic heterocycles. The number of halogens is 2. The number of hydrogen-bond acceptors (Lipinski definition) is 4. The average molecular weight is 518 g/mol. The molecular formula is C30H29ClFN3O2. The zero-order chi connectivity index (χ0) is 26.2. The van der Waals surface area contributed by atoms with Gasteiger partial charge in [-0.05, 0) is 53.3 Å². The summed E-state index contributed by atoms with van der Waals surface area (Å²) in [5, 5.41) is 7.02. The van der Waals surface area contributed by atoms with Gasteiger partial charge < -0.3 is 15.5 Å². The molecule has 1 heterocycles. The van der Waals surface area contributed by atoms with E-state index in [0.717, 1.165) is 28.2 Å². The third-order valence-corrected chi connectivity index (χ3v) is 7.27. The lowest BCUT2D eigenvalue weighted by Gasteiger charge is -2.38. The molecule has 0 bridgehead atoms. The van der Waals surface area contributed by atoms with Crippen LogP contribution in [0.1, 0.15) is 43.9 Å². The highest BCUT2D eigenvalue weighted by Crippen LogP contribution is 2.49. The van der Waals surface area contributed by atoms with Crippen LogP contribution < -0.4 is 15.5 Å². The Morgan fingerprint density at radius 2 is 1.76 bits per heavy atom. The quantitative estimate of drug-likeness (QED) is 0.410. The van der Waals surface area contributed by atoms with E-state index < -0.39 is 6.04 Å². The largest absolute Gasteiger partial charge is 0.357 e. The van der Waals surface area contributed by atoms with Crippen molar-refractivity contribution in [1.82, 2.24) is 5.32 Å². The van der Waals surface area contributed by atoms with E-state index in [-0.39, 0.29) is 36.0 Å². The first kappa shape index (κ1) is 25.0. The summed E-state index contributed by atoms with van der Waals surface area (Å²) in [6.07, 6.45) is 1.11. The van der Waals surface area contributed by atoms with Gasteiger partial charge in [-0.25, -0.2) is 4.39 Å². The van der Waals surface area contributed by atoms with Crippen LogP contribution in [0.25, 0.3) is 0 Å². The second kappa shape index (κ2) is 10.0. The fourth-order valence-corrected chi connectivity index (χ4v) is 5.50. The van der Waals surface area contributed by atoms with Crippen molar-refractivity contribution in [1.29, 1.82) is 0 Å². The number of carbonyl (C=O) groups is 2. The van der Waals surface area contributed by atoms with E-state index in [1.807, 2.05) is 53.4 Å². The zero-order valence-corrected chi connectivity index (χ0v) is 21.6. The van der Waals surface area contributed by atoms with Crippen molar-refractivity contribution in [3.05, 3.63) is 106 Å².